The summed E-state index contributed by atoms with van der Waals surface area (Å²) in [6, 6.07) is 0. The first-order valence-corrected chi connectivity index (χ1v) is 6.43. The molecule has 0 spiro atoms. The van der Waals surface area contributed by atoms with Gasteiger partial charge in [-0.15, -0.1) is 0 Å². The van der Waals surface area contributed by atoms with Crippen LogP contribution in [0.2, 0.25) is 5.02 Å². The molecule has 0 fully saturated rings. The van der Waals surface area contributed by atoms with Crippen molar-refractivity contribution in [3.63, 3.8) is 0 Å². The molecule has 0 saturated heterocycles. The van der Waals surface area contributed by atoms with Gasteiger partial charge in [0.2, 0.25) is 0 Å². The molecule has 0 aliphatic carbocycles. The van der Waals surface area contributed by atoms with Crippen molar-refractivity contribution in [2.45, 2.75) is 27.3 Å². The maximum absolute atomic E-state index is 6.25. The van der Waals surface area contributed by atoms with Crippen molar-refractivity contribution in [2.75, 3.05) is 19.6 Å². The fourth-order valence-electron chi connectivity index (χ4n) is 2.00. The molecule has 0 radical (unpaired) electrons. The van der Waals surface area contributed by atoms with E-state index in [2.05, 4.69) is 23.8 Å². The second-order valence-electron chi connectivity index (χ2n) is 4.89. The van der Waals surface area contributed by atoms with Crippen LogP contribution < -0.4 is 5.73 Å². The third-order valence-electron chi connectivity index (χ3n) is 2.70. The maximum atomic E-state index is 6.25. The molecule has 0 aromatic carbocycles. The number of halogens is 1. The van der Waals surface area contributed by atoms with Crippen LogP contribution in [-0.2, 0) is 13.6 Å². The highest BCUT2D eigenvalue weighted by atomic mass is 35.5. The molecule has 0 bridgehead atoms. The highest BCUT2D eigenvalue weighted by Gasteiger charge is 2.15. The monoisotopic (exact) mass is 258 g/mol. The van der Waals surface area contributed by atoms with Crippen LogP contribution in [0.25, 0.3) is 0 Å². The number of nitrogens with zero attached hydrogens (tertiary/aromatic N) is 3. The number of hydrogen-bond acceptors (Lipinski definition) is 3. The summed E-state index contributed by atoms with van der Waals surface area (Å²) < 4.78 is 1.86. The zero-order chi connectivity index (χ0) is 13.0. The summed E-state index contributed by atoms with van der Waals surface area (Å²) in [7, 11) is 1.93. The Balaban J connectivity index is 2.78. The van der Waals surface area contributed by atoms with Crippen molar-refractivity contribution in [1.82, 2.24) is 14.7 Å². The Hall–Kier alpha value is -0.580. The molecule has 1 heterocycles. The Morgan fingerprint density at radius 1 is 1.47 bits per heavy atom. The molecular weight excluding hydrogens is 236 g/mol. The Morgan fingerprint density at radius 2 is 2.12 bits per heavy atom. The molecule has 0 atom stereocenters. The normalized spacial score (nSPS) is 11.8. The van der Waals surface area contributed by atoms with E-state index in [0.717, 1.165) is 36.0 Å². The van der Waals surface area contributed by atoms with E-state index in [1.807, 2.05) is 18.7 Å². The second-order valence-corrected chi connectivity index (χ2v) is 5.27. The van der Waals surface area contributed by atoms with Crippen molar-refractivity contribution in [2.24, 2.45) is 18.7 Å². The van der Waals surface area contributed by atoms with Crippen LogP contribution in [0.15, 0.2) is 0 Å². The van der Waals surface area contributed by atoms with Gasteiger partial charge in [0.1, 0.15) is 0 Å². The molecule has 5 heteroatoms. The molecular formula is C12H23ClN4. The predicted molar refractivity (Wildman–Crippen MR) is 72.1 cm³/mol. The Labute approximate surface area is 109 Å². The van der Waals surface area contributed by atoms with E-state index >= 15 is 0 Å². The highest BCUT2D eigenvalue weighted by Crippen LogP contribution is 2.21. The van der Waals surface area contributed by atoms with Crippen molar-refractivity contribution in [3.8, 4) is 0 Å². The average Bonchev–Trinajstić information content (AvgIpc) is 2.44. The molecule has 1 aromatic heterocycles. The van der Waals surface area contributed by atoms with E-state index in [4.69, 9.17) is 17.3 Å². The third kappa shape index (κ3) is 3.98. The summed E-state index contributed by atoms with van der Waals surface area (Å²) in [4.78, 5) is 2.33. The van der Waals surface area contributed by atoms with Gasteiger partial charge in [0.25, 0.3) is 0 Å². The lowest BCUT2D eigenvalue weighted by Crippen LogP contribution is -2.33. The molecule has 4 nitrogen and oxygen atoms in total. The van der Waals surface area contributed by atoms with Gasteiger partial charge in [-0.05, 0) is 12.8 Å². The van der Waals surface area contributed by atoms with E-state index in [1.165, 1.54) is 0 Å². The number of hydrogen-bond donors (Lipinski definition) is 1. The van der Waals surface area contributed by atoms with Gasteiger partial charge in [0.15, 0.2) is 0 Å². The smallest absolute Gasteiger partial charge is 0.0860 e. The minimum Gasteiger partial charge on any atom is -0.329 e. The first-order chi connectivity index (χ1) is 7.95. The van der Waals surface area contributed by atoms with Crippen molar-refractivity contribution in [1.29, 1.82) is 0 Å². The predicted octanol–water partition coefficient (Wildman–Crippen LogP) is 1.80. The minimum absolute atomic E-state index is 0.620. The lowest BCUT2D eigenvalue weighted by Gasteiger charge is -2.23. The van der Waals surface area contributed by atoms with Gasteiger partial charge >= 0.3 is 0 Å². The summed E-state index contributed by atoms with van der Waals surface area (Å²) in [5.41, 5.74) is 7.60. The molecule has 0 unspecified atom stereocenters. The summed E-state index contributed by atoms with van der Waals surface area (Å²) in [5, 5.41) is 5.11. The second kappa shape index (κ2) is 6.38. The number of rotatable bonds is 6. The Bertz CT molecular complexity index is 360. The van der Waals surface area contributed by atoms with Crippen LogP contribution in [-0.4, -0.2) is 34.3 Å². The van der Waals surface area contributed by atoms with Crippen LogP contribution in [0, 0.1) is 12.8 Å². The van der Waals surface area contributed by atoms with E-state index in [-0.39, 0.29) is 0 Å². The maximum Gasteiger partial charge on any atom is 0.0860 e. The SMILES string of the molecule is Cc1nn(C)c(CN(CCN)CC(C)C)c1Cl. The number of aromatic nitrogens is 2. The molecule has 0 aliphatic heterocycles. The molecule has 0 saturated carbocycles. The van der Waals surface area contributed by atoms with Gasteiger partial charge < -0.3 is 5.73 Å². The number of nitrogens with two attached hydrogens (primary N) is 1. The molecule has 98 valence electrons. The summed E-state index contributed by atoms with van der Waals surface area (Å²) >= 11 is 6.25. The van der Waals surface area contributed by atoms with E-state index in [1.54, 1.807) is 0 Å². The molecule has 2 N–H and O–H groups in total. The minimum atomic E-state index is 0.620. The van der Waals surface area contributed by atoms with Crippen molar-refractivity contribution >= 4 is 11.6 Å². The van der Waals surface area contributed by atoms with Gasteiger partial charge in [-0.1, -0.05) is 25.4 Å². The van der Waals surface area contributed by atoms with Crippen LogP contribution in [0.4, 0.5) is 0 Å². The Morgan fingerprint density at radius 3 is 2.53 bits per heavy atom. The quantitative estimate of drug-likeness (QED) is 0.847. The average molecular weight is 259 g/mol. The van der Waals surface area contributed by atoms with Gasteiger partial charge in [-0.25, -0.2) is 0 Å². The van der Waals surface area contributed by atoms with E-state index in [0.29, 0.717) is 12.5 Å². The van der Waals surface area contributed by atoms with Gasteiger partial charge in [0, 0.05) is 33.2 Å². The Kier molecular flexibility index (Phi) is 5.43. The van der Waals surface area contributed by atoms with Gasteiger partial charge in [-0.2, -0.15) is 5.10 Å². The standard InChI is InChI=1S/C12H23ClN4/c1-9(2)7-17(6-5-14)8-11-12(13)10(3)15-16(11)4/h9H,5-8,14H2,1-4H3. The topological polar surface area (TPSA) is 47.1 Å². The molecule has 1 rings (SSSR count). The lowest BCUT2D eigenvalue weighted by atomic mass is 10.2. The van der Waals surface area contributed by atoms with Crippen LogP contribution in [0.5, 0.6) is 0 Å². The van der Waals surface area contributed by atoms with Crippen LogP contribution in [0.1, 0.15) is 25.2 Å². The molecule has 1 aromatic rings. The van der Waals surface area contributed by atoms with E-state index < -0.39 is 0 Å². The largest absolute Gasteiger partial charge is 0.329 e. The summed E-state index contributed by atoms with van der Waals surface area (Å²) in [6.45, 7) is 9.74. The zero-order valence-electron chi connectivity index (χ0n) is 11.2. The van der Waals surface area contributed by atoms with Gasteiger partial charge in [-0.3, -0.25) is 9.58 Å². The first kappa shape index (κ1) is 14.5. The van der Waals surface area contributed by atoms with Crippen molar-refractivity contribution in [3.05, 3.63) is 16.4 Å². The number of aryl methyl sites for hydroxylation is 2. The fraction of sp³-hybridized carbons (Fsp3) is 0.750. The summed E-state index contributed by atoms with van der Waals surface area (Å²) in [6.07, 6.45) is 0. The van der Waals surface area contributed by atoms with Crippen LogP contribution in [0.3, 0.4) is 0 Å². The molecule has 0 amide bonds. The third-order valence-corrected chi connectivity index (χ3v) is 3.20. The molecule has 0 aliphatic rings. The first-order valence-electron chi connectivity index (χ1n) is 6.06. The highest BCUT2D eigenvalue weighted by molar-refractivity contribution is 6.31. The summed E-state index contributed by atoms with van der Waals surface area (Å²) in [5.74, 6) is 0.620. The lowest BCUT2D eigenvalue weighted by molar-refractivity contribution is 0.237. The molecule has 17 heavy (non-hydrogen) atoms. The fourth-order valence-corrected chi connectivity index (χ4v) is 2.22. The van der Waals surface area contributed by atoms with Crippen LogP contribution >= 0.6 is 11.6 Å². The van der Waals surface area contributed by atoms with E-state index in [9.17, 15) is 0 Å². The van der Waals surface area contributed by atoms with Gasteiger partial charge in [0.05, 0.1) is 16.4 Å². The zero-order valence-corrected chi connectivity index (χ0v) is 12.0. The van der Waals surface area contributed by atoms with Crippen molar-refractivity contribution < 1.29 is 0 Å².